The van der Waals surface area contributed by atoms with Gasteiger partial charge in [0.1, 0.15) is 11.1 Å². The van der Waals surface area contributed by atoms with Crippen LogP contribution in [0, 0.1) is 0 Å². The highest BCUT2D eigenvalue weighted by atomic mass is 32.3. The van der Waals surface area contributed by atoms with Gasteiger partial charge in [0.25, 0.3) is 0 Å². The lowest BCUT2D eigenvalue weighted by atomic mass is 10.1. The number of thioether (sulfide) groups is 1. The summed E-state index contributed by atoms with van der Waals surface area (Å²) in [6, 6.07) is 9.20. The second-order valence-electron chi connectivity index (χ2n) is 5.07. The topological polar surface area (TPSA) is 123 Å². The van der Waals surface area contributed by atoms with Gasteiger partial charge in [0, 0.05) is 16.5 Å². The van der Waals surface area contributed by atoms with E-state index >= 15 is 0 Å². The van der Waals surface area contributed by atoms with Crippen molar-refractivity contribution in [2.45, 2.75) is 17.4 Å². The summed E-state index contributed by atoms with van der Waals surface area (Å²) in [6.07, 6.45) is 0.220. The Kier molecular flexibility index (Phi) is 5.51. The molecule has 0 aliphatic heterocycles. The number of anilines is 1. The molecule has 2 rings (SSSR count). The minimum absolute atomic E-state index is 0.132. The third kappa shape index (κ3) is 4.15. The van der Waals surface area contributed by atoms with Gasteiger partial charge in [0.15, 0.2) is 9.84 Å². The molecule has 0 amide bonds. The summed E-state index contributed by atoms with van der Waals surface area (Å²) in [6.45, 7) is 0. The molecule has 0 aliphatic carbocycles. The summed E-state index contributed by atoms with van der Waals surface area (Å²) in [7, 11) is -3.50. The Hall–Kier alpha value is -1.77. The molecule has 0 aliphatic rings. The number of benzene rings is 2. The average Bonchev–Trinajstić information content (AvgIpc) is 2.51. The number of hydrogen-bond acceptors (Lipinski definition) is 6. The van der Waals surface area contributed by atoms with Crippen LogP contribution in [-0.2, 0) is 14.6 Å². The molecule has 0 radical (unpaired) electrons. The average molecular weight is 354 g/mol. The zero-order chi connectivity index (χ0) is 17.0. The van der Waals surface area contributed by atoms with Gasteiger partial charge in [-0.3, -0.25) is 4.79 Å². The van der Waals surface area contributed by atoms with Crippen molar-refractivity contribution in [1.29, 1.82) is 0 Å². The standard InChI is InChI=1S/C15H18N2O4S2/c16-12-5-6-14(11-4-2-1-3-10(11)12)23(20,21)9-22-8-7-13(17)15(18)19/h1-6,13H,7-9,16-17H2,(H,18,19)/t13-/m0/s1. The van der Waals surface area contributed by atoms with Crippen molar-refractivity contribution in [3.8, 4) is 0 Å². The van der Waals surface area contributed by atoms with Crippen LogP contribution in [0.4, 0.5) is 5.69 Å². The molecule has 23 heavy (non-hydrogen) atoms. The number of hydrogen-bond donors (Lipinski definition) is 3. The number of rotatable bonds is 7. The van der Waals surface area contributed by atoms with E-state index in [2.05, 4.69) is 0 Å². The lowest BCUT2D eigenvalue weighted by molar-refractivity contribution is -0.138. The van der Waals surface area contributed by atoms with Crippen molar-refractivity contribution in [2.24, 2.45) is 5.73 Å². The molecule has 2 aromatic rings. The molecule has 5 N–H and O–H groups in total. The normalized spacial score (nSPS) is 13.1. The van der Waals surface area contributed by atoms with Crippen LogP contribution in [0.25, 0.3) is 10.8 Å². The van der Waals surface area contributed by atoms with E-state index in [1.54, 1.807) is 30.3 Å². The maximum atomic E-state index is 12.5. The number of fused-ring (bicyclic) bond motifs is 1. The molecule has 0 bridgehead atoms. The lowest BCUT2D eigenvalue weighted by Crippen LogP contribution is -2.30. The Labute approximate surface area is 138 Å². The zero-order valence-electron chi connectivity index (χ0n) is 12.3. The molecule has 8 heteroatoms. The Morgan fingerprint density at radius 1 is 1.17 bits per heavy atom. The van der Waals surface area contributed by atoms with Crippen molar-refractivity contribution < 1.29 is 18.3 Å². The quantitative estimate of drug-likeness (QED) is 0.510. The molecule has 0 heterocycles. The van der Waals surface area contributed by atoms with Crippen LogP contribution in [0.5, 0.6) is 0 Å². The Bertz CT molecular complexity index is 821. The van der Waals surface area contributed by atoms with E-state index in [4.69, 9.17) is 16.6 Å². The SMILES string of the molecule is Nc1ccc(S(=O)(=O)CSCC[C@H](N)C(=O)O)c2ccccc12. The summed E-state index contributed by atoms with van der Waals surface area (Å²) in [5, 5.41) is 9.86. The van der Waals surface area contributed by atoms with E-state index in [9.17, 15) is 13.2 Å². The Balaban J connectivity index is 2.15. The molecule has 0 saturated carbocycles. The first kappa shape index (κ1) is 17.6. The maximum absolute atomic E-state index is 12.5. The van der Waals surface area contributed by atoms with E-state index in [0.717, 1.165) is 11.8 Å². The van der Waals surface area contributed by atoms with Gasteiger partial charge in [-0.15, -0.1) is 11.8 Å². The molecule has 124 valence electrons. The highest BCUT2D eigenvalue weighted by molar-refractivity contribution is 8.12. The van der Waals surface area contributed by atoms with E-state index < -0.39 is 21.8 Å². The highest BCUT2D eigenvalue weighted by Crippen LogP contribution is 2.29. The summed E-state index contributed by atoms with van der Waals surface area (Å²) in [5.74, 6) is -0.724. The van der Waals surface area contributed by atoms with Crippen molar-refractivity contribution in [2.75, 3.05) is 16.6 Å². The van der Waals surface area contributed by atoms with Gasteiger partial charge in [-0.05, 0) is 24.3 Å². The number of nitrogens with two attached hydrogens (primary N) is 2. The Morgan fingerprint density at radius 2 is 1.83 bits per heavy atom. The second kappa shape index (κ2) is 7.20. The molecular weight excluding hydrogens is 336 g/mol. The maximum Gasteiger partial charge on any atom is 0.320 e. The first-order valence-electron chi connectivity index (χ1n) is 6.89. The molecule has 0 fully saturated rings. The number of aliphatic carboxylic acids is 1. The van der Waals surface area contributed by atoms with Gasteiger partial charge in [-0.25, -0.2) is 8.42 Å². The fraction of sp³-hybridized carbons (Fsp3) is 0.267. The van der Waals surface area contributed by atoms with Crippen LogP contribution in [0.3, 0.4) is 0 Å². The smallest absolute Gasteiger partial charge is 0.320 e. The predicted octanol–water partition coefficient (Wildman–Crippen LogP) is 1.69. The van der Waals surface area contributed by atoms with Crippen LogP contribution in [-0.4, -0.2) is 36.4 Å². The summed E-state index contributed by atoms with van der Waals surface area (Å²) >= 11 is 1.15. The molecule has 0 aromatic heterocycles. The van der Waals surface area contributed by atoms with Gasteiger partial charge in [-0.2, -0.15) is 0 Å². The number of nitrogen functional groups attached to an aromatic ring is 1. The van der Waals surface area contributed by atoms with Gasteiger partial charge >= 0.3 is 5.97 Å². The monoisotopic (exact) mass is 354 g/mol. The fourth-order valence-corrected chi connectivity index (χ4v) is 5.20. The van der Waals surface area contributed by atoms with Crippen molar-refractivity contribution in [3.05, 3.63) is 36.4 Å². The predicted molar refractivity (Wildman–Crippen MR) is 93.1 cm³/mol. The molecule has 1 atom stereocenters. The molecule has 6 nitrogen and oxygen atoms in total. The zero-order valence-corrected chi connectivity index (χ0v) is 13.9. The minimum Gasteiger partial charge on any atom is -0.480 e. The van der Waals surface area contributed by atoms with E-state index in [1.165, 1.54) is 6.07 Å². The van der Waals surface area contributed by atoms with E-state index in [0.29, 0.717) is 22.2 Å². The van der Waals surface area contributed by atoms with E-state index in [1.807, 2.05) is 0 Å². The number of sulfone groups is 1. The molecule has 0 unspecified atom stereocenters. The summed E-state index contributed by atoms with van der Waals surface area (Å²) in [5.41, 5.74) is 11.8. The number of carboxylic acid groups (broad SMARTS) is 1. The third-order valence-electron chi connectivity index (χ3n) is 3.38. The number of carbonyl (C=O) groups is 1. The molecule has 0 saturated heterocycles. The van der Waals surface area contributed by atoms with Crippen LogP contribution < -0.4 is 11.5 Å². The highest BCUT2D eigenvalue weighted by Gasteiger charge is 2.19. The van der Waals surface area contributed by atoms with Crippen molar-refractivity contribution >= 4 is 44.0 Å². The number of carboxylic acids is 1. The summed E-state index contributed by atoms with van der Waals surface area (Å²) in [4.78, 5) is 10.9. The second-order valence-corrected chi connectivity index (χ2v) is 8.50. The third-order valence-corrected chi connectivity index (χ3v) is 6.84. The van der Waals surface area contributed by atoms with Crippen molar-refractivity contribution in [3.63, 3.8) is 0 Å². The van der Waals surface area contributed by atoms with Gasteiger partial charge in [-0.1, -0.05) is 24.3 Å². The van der Waals surface area contributed by atoms with Crippen LogP contribution >= 0.6 is 11.8 Å². The Morgan fingerprint density at radius 3 is 2.48 bits per heavy atom. The minimum atomic E-state index is -3.50. The first-order valence-corrected chi connectivity index (χ1v) is 9.70. The molecule has 2 aromatic carbocycles. The first-order chi connectivity index (χ1) is 10.8. The summed E-state index contributed by atoms with van der Waals surface area (Å²) < 4.78 is 25.1. The van der Waals surface area contributed by atoms with Gasteiger partial charge < -0.3 is 16.6 Å². The molecule has 0 spiro atoms. The van der Waals surface area contributed by atoms with Crippen LogP contribution in [0.2, 0.25) is 0 Å². The largest absolute Gasteiger partial charge is 0.480 e. The van der Waals surface area contributed by atoms with Crippen LogP contribution in [0.15, 0.2) is 41.3 Å². The van der Waals surface area contributed by atoms with Gasteiger partial charge in [0.2, 0.25) is 0 Å². The van der Waals surface area contributed by atoms with E-state index in [-0.39, 0.29) is 16.4 Å². The van der Waals surface area contributed by atoms with Crippen molar-refractivity contribution in [1.82, 2.24) is 0 Å². The lowest BCUT2D eigenvalue weighted by Gasteiger charge is -2.10. The molecular formula is C15H18N2O4S2. The fourth-order valence-electron chi connectivity index (χ4n) is 2.13. The van der Waals surface area contributed by atoms with Gasteiger partial charge in [0.05, 0.1) is 4.90 Å². The van der Waals surface area contributed by atoms with Crippen LogP contribution in [0.1, 0.15) is 6.42 Å².